The predicted octanol–water partition coefficient (Wildman–Crippen LogP) is 2.94. The number of aliphatic carboxylic acids is 1. The van der Waals surface area contributed by atoms with E-state index in [1.165, 1.54) is 5.56 Å². The molecule has 0 saturated carbocycles. The molecule has 0 aromatic heterocycles. The maximum atomic E-state index is 11.7. The summed E-state index contributed by atoms with van der Waals surface area (Å²) < 4.78 is 0. The Labute approximate surface area is 109 Å². The van der Waals surface area contributed by atoms with E-state index in [0.29, 0.717) is 6.42 Å². The molecule has 0 spiro atoms. The zero-order valence-corrected chi connectivity index (χ0v) is 11.7. The third-order valence-electron chi connectivity index (χ3n) is 3.29. The lowest BCUT2D eigenvalue weighted by molar-refractivity contribution is -0.146. The van der Waals surface area contributed by atoms with E-state index in [0.717, 1.165) is 12.0 Å². The lowest BCUT2D eigenvalue weighted by Crippen LogP contribution is -2.51. The van der Waals surface area contributed by atoms with Gasteiger partial charge in [-0.3, -0.25) is 5.32 Å². The highest BCUT2D eigenvalue weighted by molar-refractivity contribution is 5.80. The largest absolute Gasteiger partial charge is 0.480 e. The molecule has 0 heterocycles. The quantitative estimate of drug-likeness (QED) is 0.815. The number of nitrogens with one attached hydrogen (secondary N) is 1. The number of carboxylic acid groups (broad SMARTS) is 1. The molecule has 0 saturated heterocycles. The van der Waals surface area contributed by atoms with Crippen molar-refractivity contribution in [2.24, 2.45) is 0 Å². The van der Waals surface area contributed by atoms with Gasteiger partial charge in [0, 0.05) is 6.04 Å². The fourth-order valence-corrected chi connectivity index (χ4v) is 2.24. The Balaban J connectivity index is 3.19. The molecule has 0 fully saturated rings. The summed E-state index contributed by atoms with van der Waals surface area (Å²) in [5.74, 6) is -0.817. The molecule has 0 aliphatic rings. The smallest absolute Gasteiger partial charge is 0.328 e. The number of aryl methyl sites for hydroxylation is 1. The van der Waals surface area contributed by atoms with E-state index in [1.807, 2.05) is 45.0 Å². The minimum absolute atomic E-state index is 0.118. The van der Waals surface area contributed by atoms with Crippen LogP contribution in [0.3, 0.4) is 0 Å². The zero-order valence-electron chi connectivity index (χ0n) is 11.7. The van der Waals surface area contributed by atoms with Crippen molar-refractivity contribution >= 4 is 5.97 Å². The Kier molecular flexibility index (Phi) is 4.91. The molecule has 1 atom stereocenters. The second-order valence-corrected chi connectivity index (χ2v) is 4.91. The number of hydrogen-bond acceptors (Lipinski definition) is 2. The van der Waals surface area contributed by atoms with E-state index in [2.05, 4.69) is 12.2 Å². The van der Waals surface area contributed by atoms with Gasteiger partial charge in [-0.25, -0.2) is 4.79 Å². The van der Waals surface area contributed by atoms with E-state index in [1.54, 1.807) is 0 Å². The highest BCUT2D eigenvalue weighted by Crippen LogP contribution is 2.26. The Morgan fingerprint density at radius 2 is 1.83 bits per heavy atom. The molecule has 3 nitrogen and oxygen atoms in total. The van der Waals surface area contributed by atoms with Gasteiger partial charge < -0.3 is 5.11 Å². The highest BCUT2D eigenvalue weighted by atomic mass is 16.4. The summed E-state index contributed by atoms with van der Waals surface area (Å²) in [4.78, 5) is 11.7. The zero-order chi connectivity index (χ0) is 13.8. The Bertz CT molecular complexity index is 397. The van der Waals surface area contributed by atoms with Crippen LogP contribution in [0.2, 0.25) is 0 Å². The first-order chi connectivity index (χ1) is 8.46. The SMILES string of the molecule is CCc1ccc(C(CC)(NC(C)C)C(=O)O)cc1. The highest BCUT2D eigenvalue weighted by Gasteiger charge is 2.38. The first-order valence-electron chi connectivity index (χ1n) is 6.56. The van der Waals surface area contributed by atoms with Crippen LogP contribution in [0.15, 0.2) is 24.3 Å². The van der Waals surface area contributed by atoms with Crippen LogP contribution in [0.1, 0.15) is 45.2 Å². The van der Waals surface area contributed by atoms with Gasteiger partial charge in [0.2, 0.25) is 0 Å². The van der Waals surface area contributed by atoms with Crippen molar-refractivity contribution in [2.75, 3.05) is 0 Å². The molecule has 0 aliphatic carbocycles. The minimum Gasteiger partial charge on any atom is -0.480 e. The van der Waals surface area contributed by atoms with Crippen molar-refractivity contribution in [3.63, 3.8) is 0 Å². The minimum atomic E-state index is -0.986. The van der Waals surface area contributed by atoms with Crippen molar-refractivity contribution in [2.45, 2.75) is 52.1 Å². The summed E-state index contributed by atoms with van der Waals surface area (Å²) >= 11 is 0. The molecule has 3 heteroatoms. The van der Waals surface area contributed by atoms with Crippen LogP contribution in [-0.2, 0) is 16.8 Å². The summed E-state index contributed by atoms with van der Waals surface area (Å²) in [5.41, 5.74) is 1.06. The maximum Gasteiger partial charge on any atom is 0.328 e. The monoisotopic (exact) mass is 249 g/mol. The molecule has 1 aromatic rings. The predicted molar refractivity (Wildman–Crippen MR) is 73.7 cm³/mol. The normalized spacial score (nSPS) is 14.5. The average molecular weight is 249 g/mol. The van der Waals surface area contributed by atoms with Crippen molar-refractivity contribution in [3.05, 3.63) is 35.4 Å². The second kappa shape index (κ2) is 6.01. The number of rotatable bonds is 6. The first kappa shape index (κ1) is 14.7. The van der Waals surface area contributed by atoms with Gasteiger partial charge in [0.05, 0.1) is 0 Å². The van der Waals surface area contributed by atoms with Gasteiger partial charge in [-0.05, 0) is 37.8 Å². The van der Waals surface area contributed by atoms with E-state index in [4.69, 9.17) is 0 Å². The van der Waals surface area contributed by atoms with Gasteiger partial charge in [-0.15, -0.1) is 0 Å². The van der Waals surface area contributed by atoms with Crippen LogP contribution in [0.5, 0.6) is 0 Å². The van der Waals surface area contributed by atoms with Crippen molar-refractivity contribution < 1.29 is 9.90 Å². The molecule has 1 unspecified atom stereocenters. The summed E-state index contributed by atoms with van der Waals surface area (Å²) in [6.07, 6.45) is 1.48. The van der Waals surface area contributed by atoms with Crippen LogP contribution in [-0.4, -0.2) is 17.1 Å². The van der Waals surface area contributed by atoms with Crippen LogP contribution >= 0.6 is 0 Å². The maximum absolute atomic E-state index is 11.7. The van der Waals surface area contributed by atoms with Gasteiger partial charge >= 0.3 is 5.97 Å². The molecule has 0 radical (unpaired) electrons. The Hall–Kier alpha value is -1.35. The fourth-order valence-electron chi connectivity index (χ4n) is 2.24. The number of hydrogen-bond donors (Lipinski definition) is 2. The number of carbonyl (C=O) groups is 1. The van der Waals surface area contributed by atoms with Crippen LogP contribution < -0.4 is 5.32 Å². The summed E-state index contributed by atoms with van der Waals surface area (Å²) in [6.45, 7) is 7.92. The van der Waals surface area contributed by atoms with Crippen LogP contribution in [0.25, 0.3) is 0 Å². The van der Waals surface area contributed by atoms with E-state index in [-0.39, 0.29) is 6.04 Å². The third kappa shape index (κ3) is 2.91. The molecule has 0 amide bonds. The first-order valence-corrected chi connectivity index (χ1v) is 6.56. The van der Waals surface area contributed by atoms with Gasteiger partial charge in [0.15, 0.2) is 0 Å². The van der Waals surface area contributed by atoms with Crippen molar-refractivity contribution in [1.82, 2.24) is 5.32 Å². The van der Waals surface area contributed by atoms with Crippen LogP contribution in [0, 0.1) is 0 Å². The number of carboxylic acids is 1. The molecule has 1 aromatic carbocycles. The number of benzene rings is 1. The van der Waals surface area contributed by atoms with E-state index in [9.17, 15) is 9.90 Å². The van der Waals surface area contributed by atoms with Crippen molar-refractivity contribution in [1.29, 1.82) is 0 Å². The molecular formula is C15H23NO2. The van der Waals surface area contributed by atoms with Gasteiger partial charge in [0.1, 0.15) is 5.54 Å². The lowest BCUT2D eigenvalue weighted by Gasteiger charge is -2.32. The average Bonchev–Trinajstić information content (AvgIpc) is 2.35. The molecule has 1 rings (SSSR count). The van der Waals surface area contributed by atoms with Crippen LogP contribution in [0.4, 0.5) is 0 Å². The van der Waals surface area contributed by atoms with Crippen molar-refractivity contribution in [3.8, 4) is 0 Å². The molecule has 100 valence electrons. The van der Waals surface area contributed by atoms with E-state index >= 15 is 0 Å². The second-order valence-electron chi connectivity index (χ2n) is 4.91. The summed E-state index contributed by atoms with van der Waals surface area (Å²) in [7, 11) is 0. The molecule has 2 N–H and O–H groups in total. The van der Waals surface area contributed by atoms with Gasteiger partial charge in [-0.2, -0.15) is 0 Å². The summed E-state index contributed by atoms with van der Waals surface area (Å²) in [6, 6.07) is 7.97. The molecular weight excluding hydrogens is 226 g/mol. The van der Waals surface area contributed by atoms with Gasteiger partial charge in [-0.1, -0.05) is 38.1 Å². The third-order valence-corrected chi connectivity index (χ3v) is 3.29. The fraction of sp³-hybridized carbons (Fsp3) is 0.533. The molecule has 0 bridgehead atoms. The summed E-state index contributed by atoms with van der Waals surface area (Å²) in [5, 5.41) is 12.8. The standard InChI is InChI=1S/C15H23NO2/c1-5-12-7-9-13(10-8-12)15(6-2,14(17)18)16-11(3)4/h7-11,16H,5-6H2,1-4H3,(H,17,18). The lowest BCUT2D eigenvalue weighted by atomic mass is 9.86. The van der Waals surface area contributed by atoms with Gasteiger partial charge in [0.25, 0.3) is 0 Å². The molecule has 18 heavy (non-hydrogen) atoms. The van der Waals surface area contributed by atoms with E-state index < -0.39 is 11.5 Å². The topological polar surface area (TPSA) is 49.3 Å². The Morgan fingerprint density at radius 3 is 2.17 bits per heavy atom. The molecule has 0 aliphatic heterocycles. The Morgan fingerprint density at radius 1 is 1.28 bits per heavy atom.